The minimum atomic E-state index is -0.334. The zero-order valence-electron chi connectivity index (χ0n) is 9.53. The predicted molar refractivity (Wildman–Crippen MR) is 67.7 cm³/mol. The number of halogens is 1. The van der Waals surface area contributed by atoms with E-state index in [0.29, 0.717) is 23.6 Å². The fourth-order valence-corrected chi connectivity index (χ4v) is 1.94. The van der Waals surface area contributed by atoms with Crippen LogP contribution in [0.1, 0.15) is 13.3 Å². The van der Waals surface area contributed by atoms with Gasteiger partial charge in [0, 0.05) is 17.9 Å². The number of hydrogen-bond donors (Lipinski definition) is 1. The first-order chi connectivity index (χ1) is 8.08. The second kappa shape index (κ2) is 7.06. The summed E-state index contributed by atoms with van der Waals surface area (Å²) >= 11 is 1.41. The number of anilines is 1. The zero-order chi connectivity index (χ0) is 12.7. The lowest BCUT2D eigenvalue weighted by Gasteiger charge is -2.04. The topological polar surface area (TPSA) is 46.2 Å². The van der Waals surface area contributed by atoms with Crippen LogP contribution in [-0.4, -0.2) is 23.2 Å². The van der Waals surface area contributed by atoms with Crippen LogP contribution in [0.3, 0.4) is 0 Å². The van der Waals surface area contributed by atoms with E-state index in [-0.39, 0.29) is 17.5 Å². The summed E-state index contributed by atoms with van der Waals surface area (Å²) < 4.78 is 12.6. The van der Waals surface area contributed by atoms with Crippen molar-refractivity contribution in [2.75, 3.05) is 16.8 Å². The van der Waals surface area contributed by atoms with E-state index < -0.39 is 0 Å². The van der Waals surface area contributed by atoms with Crippen molar-refractivity contribution < 1.29 is 14.0 Å². The molecule has 5 heteroatoms. The molecule has 0 heterocycles. The molecule has 0 unspecified atom stereocenters. The molecule has 1 rings (SSSR count). The Bertz CT molecular complexity index is 392. The first kappa shape index (κ1) is 13.7. The summed E-state index contributed by atoms with van der Waals surface area (Å²) in [5.74, 6) is 0.581. The third kappa shape index (κ3) is 6.06. The number of carbonyl (C=O) groups excluding carboxylic acids is 2. The molecule has 17 heavy (non-hydrogen) atoms. The first-order valence-electron chi connectivity index (χ1n) is 5.20. The van der Waals surface area contributed by atoms with E-state index in [1.807, 2.05) is 0 Å². The maximum atomic E-state index is 12.6. The minimum absolute atomic E-state index is 0.122. The van der Waals surface area contributed by atoms with Crippen LogP contribution in [0, 0.1) is 5.82 Å². The molecule has 0 radical (unpaired) electrons. The highest BCUT2D eigenvalue weighted by atomic mass is 32.2. The summed E-state index contributed by atoms with van der Waals surface area (Å²) in [6, 6.07) is 5.60. The number of nitrogens with one attached hydrogen (secondary N) is 1. The lowest BCUT2D eigenvalue weighted by Crippen LogP contribution is -2.14. The molecule has 0 aliphatic heterocycles. The van der Waals surface area contributed by atoms with Crippen molar-refractivity contribution in [1.29, 1.82) is 0 Å². The fraction of sp³-hybridized carbons (Fsp3) is 0.333. The van der Waals surface area contributed by atoms with Gasteiger partial charge in [0.1, 0.15) is 11.6 Å². The first-order valence-corrected chi connectivity index (χ1v) is 6.36. The highest BCUT2D eigenvalue weighted by Crippen LogP contribution is 2.09. The van der Waals surface area contributed by atoms with E-state index >= 15 is 0 Å². The van der Waals surface area contributed by atoms with Gasteiger partial charge in [-0.1, -0.05) is 0 Å². The Morgan fingerprint density at radius 1 is 1.29 bits per heavy atom. The predicted octanol–water partition coefficient (Wildman–Crippen LogP) is 2.48. The van der Waals surface area contributed by atoms with Crippen molar-refractivity contribution in [2.45, 2.75) is 13.3 Å². The van der Waals surface area contributed by atoms with Crippen molar-refractivity contribution in [3.8, 4) is 0 Å². The van der Waals surface area contributed by atoms with Crippen LogP contribution in [0.15, 0.2) is 24.3 Å². The molecule has 1 aromatic rings. The molecule has 0 aliphatic rings. The molecule has 0 aliphatic carbocycles. The van der Waals surface area contributed by atoms with Gasteiger partial charge in [0.25, 0.3) is 0 Å². The maximum Gasteiger partial charge on any atom is 0.234 e. The summed E-state index contributed by atoms with van der Waals surface area (Å²) in [7, 11) is 0. The average Bonchev–Trinajstić information content (AvgIpc) is 2.27. The highest BCUT2D eigenvalue weighted by molar-refractivity contribution is 7.99. The van der Waals surface area contributed by atoms with Gasteiger partial charge in [0.15, 0.2) is 0 Å². The van der Waals surface area contributed by atoms with Gasteiger partial charge in [-0.3, -0.25) is 9.59 Å². The summed E-state index contributed by atoms with van der Waals surface area (Å²) in [6.07, 6.45) is 0.481. The Morgan fingerprint density at radius 2 is 1.94 bits per heavy atom. The Balaban J connectivity index is 2.25. The minimum Gasteiger partial charge on any atom is -0.325 e. The van der Waals surface area contributed by atoms with Gasteiger partial charge in [-0.15, -0.1) is 0 Å². The molecule has 0 aromatic heterocycles. The van der Waals surface area contributed by atoms with Crippen molar-refractivity contribution in [3.05, 3.63) is 30.1 Å². The van der Waals surface area contributed by atoms with E-state index in [0.717, 1.165) is 0 Å². The summed E-state index contributed by atoms with van der Waals surface area (Å²) in [5.41, 5.74) is 0.573. The van der Waals surface area contributed by atoms with Crippen LogP contribution in [0.2, 0.25) is 0 Å². The molecule has 3 nitrogen and oxygen atoms in total. The van der Waals surface area contributed by atoms with Gasteiger partial charge in [-0.05, 0) is 31.2 Å². The second-order valence-electron chi connectivity index (χ2n) is 3.56. The number of ketones is 1. The number of amides is 1. The van der Waals surface area contributed by atoms with E-state index in [9.17, 15) is 14.0 Å². The Morgan fingerprint density at radius 3 is 2.53 bits per heavy atom. The van der Waals surface area contributed by atoms with Crippen molar-refractivity contribution in [2.24, 2.45) is 0 Å². The molecule has 0 saturated heterocycles. The SMILES string of the molecule is CC(=O)CCSCC(=O)Nc1ccc(F)cc1. The van der Waals surface area contributed by atoms with Crippen LogP contribution < -0.4 is 5.32 Å². The highest BCUT2D eigenvalue weighted by Gasteiger charge is 2.03. The van der Waals surface area contributed by atoms with Crippen LogP contribution in [0.4, 0.5) is 10.1 Å². The van der Waals surface area contributed by atoms with Gasteiger partial charge < -0.3 is 5.32 Å². The molecular weight excluding hydrogens is 241 g/mol. The number of benzene rings is 1. The van der Waals surface area contributed by atoms with Crippen LogP contribution in [0.25, 0.3) is 0 Å². The third-order valence-corrected chi connectivity index (χ3v) is 2.92. The molecular formula is C12H14FNO2S. The number of thioether (sulfide) groups is 1. The molecule has 0 saturated carbocycles. The molecule has 0 atom stereocenters. The van der Waals surface area contributed by atoms with Gasteiger partial charge in [-0.2, -0.15) is 11.8 Å². The summed E-state index contributed by atoms with van der Waals surface area (Å²) in [5, 5.41) is 2.65. The molecule has 0 bridgehead atoms. The molecule has 1 aromatic carbocycles. The summed E-state index contributed by atoms with van der Waals surface area (Å²) in [4.78, 5) is 22.1. The van der Waals surface area contributed by atoms with Gasteiger partial charge in [0.05, 0.1) is 5.75 Å². The molecule has 0 fully saturated rings. The third-order valence-electron chi connectivity index (χ3n) is 1.96. The van der Waals surface area contributed by atoms with Crippen molar-refractivity contribution >= 4 is 29.1 Å². The van der Waals surface area contributed by atoms with Gasteiger partial charge in [-0.25, -0.2) is 4.39 Å². The van der Waals surface area contributed by atoms with Gasteiger partial charge in [0.2, 0.25) is 5.91 Å². The Kier molecular flexibility index (Phi) is 5.69. The van der Waals surface area contributed by atoms with Crippen LogP contribution in [0.5, 0.6) is 0 Å². The lowest BCUT2D eigenvalue weighted by molar-refractivity contribution is -0.116. The lowest BCUT2D eigenvalue weighted by atomic mass is 10.3. The van der Waals surface area contributed by atoms with Crippen molar-refractivity contribution in [3.63, 3.8) is 0 Å². The number of rotatable bonds is 6. The van der Waals surface area contributed by atoms with E-state index in [1.165, 1.54) is 43.0 Å². The largest absolute Gasteiger partial charge is 0.325 e. The molecule has 0 spiro atoms. The Labute approximate surface area is 104 Å². The molecule has 1 N–H and O–H groups in total. The Hall–Kier alpha value is -1.36. The molecule has 1 amide bonds. The van der Waals surface area contributed by atoms with Crippen LogP contribution in [-0.2, 0) is 9.59 Å². The normalized spacial score (nSPS) is 10.0. The monoisotopic (exact) mass is 255 g/mol. The zero-order valence-corrected chi connectivity index (χ0v) is 10.3. The van der Waals surface area contributed by atoms with E-state index in [4.69, 9.17) is 0 Å². The number of hydrogen-bond acceptors (Lipinski definition) is 3. The smallest absolute Gasteiger partial charge is 0.234 e. The van der Waals surface area contributed by atoms with Gasteiger partial charge >= 0.3 is 0 Å². The maximum absolute atomic E-state index is 12.6. The van der Waals surface area contributed by atoms with E-state index in [2.05, 4.69) is 5.32 Å². The average molecular weight is 255 g/mol. The summed E-state index contributed by atoms with van der Waals surface area (Å²) in [6.45, 7) is 1.53. The van der Waals surface area contributed by atoms with Crippen molar-refractivity contribution in [1.82, 2.24) is 0 Å². The molecule has 92 valence electrons. The quantitative estimate of drug-likeness (QED) is 0.794. The second-order valence-corrected chi connectivity index (χ2v) is 4.66. The standard InChI is InChI=1S/C12H14FNO2S/c1-9(15)6-7-17-8-12(16)14-11-4-2-10(13)3-5-11/h2-5H,6-8H2,1H3,(H,14,16). The number of Topliss-reactive ketones (excluding diaryl/α,β-unsaturated/α-hetero) is 1. The van der Waals surface area contributed by atoms with E-state index in [1.54, 1.807) is 0 Å². The fourth-order valence-electron chi connectivity index (χ4n) is 1.11. The van der Waals surface area contributed by atoms with Crippen LogP contribution >= 0.6 is 11.8 Å². The number of carbonyl (C=O) groups is 2.